The topological polar surface area (TPSA) is 64.3 Å². The maximum Gasteiger partial charge on any atom is 0.255 e. The number of halogens is 1. The van der Waals surface area contributed by atoms with Crippen LogP contribution in [-0.2, 0) is 0 Å². The van der Waals surface area contributed by atoms with Gasteiger partial charge in [-0.15, -0.1) is 0 Å². The van der Waals surface area contributed by atoms with E-state index >= 15 is 0 Å². The van der Waals surface area contributed by atoms with Gasteiger partial charge in [0.1, 0.15) is 5.82 Å². The lowest BCUT2D eigenvalue weighted by atomic mass is 10.1. The molecule has 0 bridgehead atoms. The van der Waals surface area contributed by atoms with Crippen molar-refractivity contribution in [3.05, 3.63) is 35.1 Å². The summed E-state index contributed by atoms with van der Waals surface area (Å²) in [7, 11) is 1.56. The summed E-state index contributed by atoms with van der Waals surface area (Å²) >= 11 is 0. The number of carbonyl (C=O) groups excluding carboxylic acids is 1. The van der Waals surface area contributed by atoms with Crippen molar-refractivity contribution in [2.24, 2.45) is 5.92 Å². The molecule has 0 saturated carbocycles. The van der Waals surface area contributed by atoms with Crippen LogP contribution in [0.3, 0.4) is 0 Å². The second kappa shape index (κ2) is 8.04. The number of rotatable bonds is 4. The molecule has 0 spiro atoms. The van der Waals surface area contributed by atoms with Gasteiger partial charge in [-0.3, -0.25) is 4.79 Å². The van der Waals surface area contributed by atoms with Gasteiger partial charge in [0, 0.05) is 25.6 Å². The first-order valence-corrected chi connectivity index (χ1v) is 6.54. The van der Waals surface area contributed by atoms with Gasteiger partial charge in [-0.25, -0.2) is 4.39 Å². The Balaban J connectivity index is 3.05. The lowest BCUT2D eigenvalue weighted by Gasteiger charge is -2.19. The van der Waals surface area contributed by atoms with Crippen LogP contribution in [0.25, 0.3) is 0 Å². The molecule has 1 N–H and O–H groups in total. The Bertz CT molecular complexity index is 611. The number of hydrogen-bond donors (Lipinski definition) is 1. The quantitative estimate of drug-likeness (QED) is 0.859. The van der Waals surface area contributed by atoms with E-state index in [0.29, 0.717) is 5.56 Å². The van der Waals surface area contributed by atoms with E-state index in [9.17, 15) is 9.18 Å². The average molecular weight is 288 g/mol. The zero-order chi connectivity index (χ0) is 15.8. The first-order valence-electron chi connectivity index (χ1n) is 6.54. The summed E-state index contributed by atoms with van der Waals surface area (Å²) in [6, 6.07) is 5.86. The summed E-state index contributed by atoms with van der Waals surface area (Å²) in [6.45, 7) is 1.89. The van der Waals surface area contributed by atoms with Crippen molar-refractivity contribution >= 4 is 5.91 Å². The zero-order valence-electron chi connectivity index (χ0n) is 12.1. The van der Waals surface area contributed by atoms with E-state index in [2.05, 4.69) is 11.8 Å². The number of aliphatic hydroxyl groups is 1. The molecule has 1 amide bonds. The fourth-order valence-electron chi connectivity index (χ4n) is 1.76. The maximum atomic E-state index is 13.4. The molecule has 1 aromatic carbocycles. The SMILES string of the molecule is CC(C#N)CN(C)C(=O)c1cc(F)ccc1C#CCCO. The van der Waals surface area contributed by atoms with Crippen molar-refractivity contribution < 1.29 is 14.3 Å². The molecule has 5 heteroatoms. The van der Waals surface area contributed by atoms with Gasteiger partial charge in [0.25, 0.3) is 5.91 Å². The maximum absolute atomic E-state index is 13.4. The molecule has 110 valence electrons. The Kier molecular flexibility index (Phi) is 6.39. The normalized spacial score (nSPS) is 11.0. The number of carbonyl (C=O) groups is 1. The fourth-order valence-corrected chi connectivity index (χ4v) is 1.76. The molecule has 21 heavy (non-hydrogen) atoms. The first kappa shape index (κ1) is 16.7. The molecule has 1 atom stereocenters. The smallest absolute Gasteiger partial charge is 0.255 e. The fraction of sp³-hybridized carbons (Fsp3) is 0.375. The van der Waals surface area contributed by atoms with E-state index in [-0.39, 0.29) is 37.0 Å². The number of nitriles is 1. The van der Waals surface area contributed by atoms with Crippen LogP contribution in [0.5, 0.6) is 0 Å². The van der Waals surface area contributed by atoms with Crippen LogP contribution in [0.15, 0.2) is 18.2 Å². The highest BCUT2D eigenvalue weighted by atomic mass is 19.1. The zero-order valence-corrected chi connectivity index (χ0v) is 12.1. The summed E-state index contributed by atoms with van der Waals surface area (Å²) in [5, 5.41) is 17.5. The molecule has 0 aromatic heterocycles. The molecule has 1 rings (SSSR count). The second-order valence-corrected chi connectivity index (χ2v) is 4.68. The molecular weight excluding hydrogens is 271 g/mol. The van der Waals surface area contributed by atoms with Crippen molar-refractivity contribution in [1.82, 2.24) is 4.90 Å². The lowest BCUT2D eigenvalue weighted by Crippen LogP contribution is -2.31. The van der Waals surface area contributed by atoms with Crippen LogP contribution < -0.4 is 0 Å². The second-order valence-electron chi connectivity index (χ2n) is 4.68. The molecule has 0 fully saturated rings. The van der Waals surface area contributed by atoms with Crippen LogP contribution in [0.2, 0.25) is 0 Å². The molecule has 4 nitrogen and oxygen atoms in total. The number of nitrogens with zero attached hydrogens (tertiary/aromatic N) is 2. The number of benzene rings is 1. The molecule has 0 aliphatic rings. The summed E-state index contributed by atoms with van der Waals surface area (Å²) in [5.74, 6) is 4.25. The highest BCUT2D eigenvalue weighted by molar-refractivity contribution is 5.96. The van der Waals surface area contributed by atoms with Crippen molar-refractivity contribution in [3.8, 4) is 17.9 Å². The molecule has 0 saturated heterocycles. The molecule has 0 aliphatic carbocycles. The van der Waals surface area contributed by atoms with E-state index < -0.39 is 5.82 Å². The first-order chi connectivity index (χ1) is 9.99. The summed E-state index contributed by atoms with van der Waals surface area (Å²) in [6.07, 6.45) is 0.284. The molecule has 0 aliphatic heterocycles. The van der Waals surface area contributed by atoms with Crippen LogP contribution >= 0.6 is 0 Å². The molecular formula is C16H17FN2O2. The van der Waals surface area contributed by atoms with Crippen molar-refractivity contribution in [1.29, 1.82) is 5.26 Å². The van der Waals surface area contributed by atoms with Crippen LogP contribution in [-0.4, -0.2) is 36.1 Å². The minimum absolute atomic E-state index is 0.0724. The number of amides is 1. The Hall–Kier alpha value is -2.37. The Morgan fingerprint density at radius 2 is 2.24 bits per heavy atom. The molecule has 0 heterocycles. The van der Waals surface area contributed by atoms with Gasteiger partial charge in [-0.1, -0.05) is 11.8 Å². The summed E-state index contributed by atoms with van der Waals surface area (Å²) in [5.41, 5.74) is 0.569. The summed E-state index contributed by atoms with van der Waals surface area (Å²) in [4.78, 5) is 13.7. The van der Waals surface area contributed by atoms with E-state index in [0.717, 1.165) is 6.07 Å². The van der Waals surface area contributed by atoms with Gasteiger partial charge < -0.3 is 10.0 Å². The highest BCUT2D eigenvalue weighted by Gasteiger charge is 2.17. The Labute approximate surface area is 123 Å². The molecule has 1 unspecified atom stereocenters. The minimum atomic E-state index is -0.521. The average Bonchev–Trinajstić information content (AvgIpc) is 2.47. The largest absolute Gasteiger partial charge is 0.395 e. The third-order valence-electron chi connectivity index (χ3n) is 2.79. The van der Waals surface area contributed by atoms with Gasteiger partial charge in [-0.05, 0) is 25.1 Å². The van der Waals surface area contributed by atoms with Gasteiger partial charge in [0.15, 0.2) is 0 Å². The standard InChI is InChI=1S/C16H17FN2O2/c1-12(10-18)11-19(2)16(21)15-9-14(17)7-6-13(15)5-3-4-8-20/h6-7,9,12,20H,4,8,11H2,1-2H3. The van der Waals surface area contributed by atoms with Gasteiger partial charge >= 0.3 is 0 Å². The van der Waals surface area contributed by atoms with Gasteiger partial charge in [-0.2, -0.15) is 5.26 Å². The van der Waals surface area contributed by atoms with Crippen molar-refractivity contribution in [2.75, 3.05) is 20.2 Å². The third kappa shape index (κ3) is 4.91. The van der Waals surface area contributed by atoms with Crippen LogP contribution in [0.4, 0.5) is 4.39 Å². The van der Waals surface area contributed by atoms with Gasteiger partial charge in [0.05, 0.1) is 24.2 Å². The lowest BCUT2D eigenvalue weighted by molar-refractivity contribution is 0.0784. The van der Waals surface area contributed by atoms with Gasteiger partial charge in [0.2, 0.25) is 0 Å². The van der Waals surface area contributed by atoms with E-state index in [1.54, 1.807) is 14.0 Å². The Morgan fingerprint density at radius 1 is 1.52 bits per heavy atom. The molecule has 0 radical (unpaired) electrons. The van der Waals surface area contributed by atoms with E-state index in [1.807, 2.05) is 6.07 Å². The minimum Gasteiger partial charge on any atom is -0.395 e. The summed E-state index contributed by atoms with van der Waals surface area (Å²) < 4.78 is 13.4. The van der Waals surface area contributed by atoms with E-state index in [4.69, 9.17) is 10.4 Å². The van der Waals surface area contributed by atoms with Crippen LogP contribution in [0.1, 0.15) is 29.3 Å². The number of aliphatic hydroxyl groups excluding tert-OH is 1. The third-order valence-corrected chi connectivity index (χ3v) is 2.79. The molecule has 1 aromatic rings. The van der Waals surface area contributed by atoms with Crippen LogP contribution in [0, 0.1) is 34.9 Å². The monoisotopic (exact) mass is 288 g/mol. The number of hydrogen-bond acceptors (Lipinski definition) is 3. The van der Waals surface area contributed by atoms with E-state index in [1.165, 1.54) is 17.0 Å². The van der Waals surface area contributed by atoms with Crippen molar-refractivity contribution in [3.63, 3.8) is 0 Å². The Morgan fingerprint density at radius 3 is 2.86 bits per heavy atom. The van der Waals surface area contributed by atoms with Crippen molar-refractivity contribution in [2.45, 2.75) is 13.3 Å². The highest BCUT2D eigenvalue weighted by Crippen LogP contribution is 2.13. The predicted octanol–water partition coefficient (Wildman–Crippen LogP) is 1.79. The predicted molar refractivity (Wildman–Crippen MR) is 76.7 cm³/mol.